The molecule has 0 spiro atoms. The van der Waals surface area contributed by atoms with E-state index in [1.165, 1.54) is 18.2 Å². The Hall–Kier alpha value is -3.91. The molecule has 5 aromatic rings. The van der Waals surface area contributed by atoms with Gasteiger partial charge in [0.2, 0.25) is 5.89 Å². The van der Waals surface area contributed by atoms with Gasteiger partial charge in [0.15, 0.2) is 17.2 Å². The second-order valence-corrected chi connectivity index (χ2v) is 8.16. The fourth-order valence-electron chi connectivity index (χ4n) is 3.98. The van der Waals surface area contributed by atoms with E-state index in [-0.39, 0.29) is 11.4 Å². The van der Waals surface area contributed by atoms with Crippen molar-refractivity contribution in [2.45, 2.75) is 19.9 Å². The van der Waals surface area contributed by atoms with Crippen LogP contribution in [0.5, 0.6) is 0 Å². The van der Waals surface area contributed by atoms with E-state index < -0.39 is 5.82 Å². The number of hydrogen-bond donors (Lipinski definition) is 1. The van der Waals surface area contributed by atoms with E-state index in [4.69, 9.17) is 4.42 Å². The molecule has 0 saturated carbocycles. The average molecular weight is 460 g/mol. The lowest BCUT2D eigenvalue weighted by Crippen LogP contribution is -2.13. The Morgan fingerprint density at radius 1 is 1.00 bits per heavy atom. The van der Waals surface area contributed by atoms with Gasteiger partial charge in [-0.2, -0.15) is 0 Å². The van der Waals surface area contributed by atoms with Gasteiger partial charge in [-0.1, -0.05) is 25.1 Å². The summed E-state index contributed by atoms with van der Waals surface area (Å²) in [5.74, 6) is 0.0603. The average Bonchev–Trinajstić information content (AvgIpc) is 3.46. The quantitative estimate of drug-likeness (QED) is 0.315. The van der Waals surface area contributed by atoms with Crippen LogP contribution in [0, 0.1) is 11.6 Å². The first-order valence-corrected chi connectivity index (χ1v) is 11.1. The summed E-state index contributed by atoms with van der Waals surface area (Å²) in [4.78, 5) is 4.55. The molecule has 0 atom stereocenters. The van der Waals surface area contributed by atoms with Gasteiger partial charge in [-0.15, -0.1) is 10.2 Å². The van der Waals surface area contributed by atoms with Crippen LogP contribution in [0.2, 0.25) is 0 Å². The highest BCUT2D eigenvalue weighted by molar-refractivity contribution is 5.83. The molecule has 0 radical (unpaired) electrons. The summed E-state index contributed by atoms with van der Waals surface area (Å²) in [5, 5.41) is 11.3. The summed E-state index contributed by atoms with van der Waals surface area (Å²) in [6, 6.07) is 15.4. The highest BCUT2D eigenvalue weighted by Crippen LogP contribution is 2.34. The molecule has 1 N–H and O–H groups in total. The van der Waals surface area contributed by atoms with Gasteiger partial charge >= 0.3 is 0 Å². The summed E-state index contributed by atoms with van der Waals surface area (Å²) in [5.41, 5.74) is 4.31. The number of aromatic nitrogens is 4. The van der Waals surface area contributed by atoms with E-state index >= 15 is 0 Å². The van der Waals surface area contributed by atoms with Crippen LogP contribution >= 0.6 is 0 Å². The topological polar surface area (TPSA) is 68.8 Å². The number of nitrogens with zero attached hydrogens (tertiary/aromatic N) is 4. The van der Waals surface area contributed by atoms with Crippen molar-refractivity contribution in [3.63, 3.8) is 0 Å². The monoisotopic (exact) mass is 459 g/mol. The number of benzene rings is 3. The smallest absolute Gasteiger partial charge is 0.227 e. The van der Waals surface area contributed by atoms with Gasteiger partial charge in [0, 0.05) is 24.7 Å². The zero-order valence-corrected chi connectivity index (χ0v) is 18.8. The van der Waals surface area contributed by atoms with Crippen molar-refractivity contribution in [2.24, 2.45) is 7.05 Å². The first kappa shape index (κ1) is 21.9. The molecule has 172 valence electrons. The summed E-state index contributed by atoms with van der Waals surface area (Å²) < 4.78 is 36.3. The van der Waals surface area contributed by atoms with Gasteiger partial charge < -0.3 is 14.3 Å². The van der Waals surface area contributed by atoms with E-state index in [2.05, 4.69) is 27.4 Å². The van der Waals surface area contributed by atoms with E-state index in [0.717, 1.165) is 29.7 Å². The second kappa shape index (κ2) is 9.15. The standard InChI is InChI=1S/C26H23F2N5O/c1-3-9-29-14-16-10-22(28)24-23(11-16)31-26(34-24)18-6-4-5-17(12-18)20-8-7-19(27)13-21(20)25-32-30-15-33(25)2/h4-8,10-13,15,29H,3,9,14H2,1-2H3. The minimum absolute atomic E-state index is 0.126. The molecule has 6 nitrogen and oxygen atoms in total. The maximum absolute atomic E-state index is 14.7. The van der Waals surface area contributed by atoms with Gasteiger partial charge in [-0.05, 0) is 66.1 Å². The van der Waals surface area contributed by atoms with Crippen LogP contribution in [0.1, 0.15) is 18.9 Å². The lowest BCUT2D eigenvalue weighted by atomic mass is 9.97. The molecule has 5 rings (SSSR count). The molecule has 0 aliphatic carbocycles. The van der Waals surface area contributed by atoms with Crippen LogP contribution in [0.15, 0.2) is 65.3 Å². The molecular formula is C26H23F2N5O. The van der Waals surface area contributed by atoms with Crippen molar-refractivity contribution >= 4 is 11.1 Å². The largest absolute Gasteiger partial charge is 0.433 e. The predicted molar refractivity (Wildman–Crippen MR) is 127 cm³/mol. The second-order valence-electron chi connectivity index (χ2n) is 8.16. The normalized spacial score (nSPS) is 11.4. The number of hydrogen-bond acceptors (Lipinski definition) is 5. The first-order chi connectivity index (χ1) is 16.5. The number of fused-ring (bicyclic) bond motifs is 1. The van der Waals surface area contributed by atoms with Gasteiger partial charge in [0.25, 0.3) is 0 Å². The Morgan fingerprint density at radius 2 is 1.85 bits per heavy atom. The third-order valence-electron chi connectivity index (χ3n) is 5.61. The first-order valence-electron chi connectivity index (χ1n) is 11.1. The van der Waals surface area contributed by atoms with E-state index in [9.17, 15) is 8.78 Å². The van der Waals surface area contributed by atoms with Crippen LogP contribution in [-0.2, 0) is 13.6 Å². The third kappa shape index (κ3) is 4.20. The minimum atomic E-state index is -0.441. The molecule has 0 aliphatic rings. The van der Waals surface area contributed by atoms with Crippen LogP contribution in [0.4, 0.5) is 8.78 Å². The number of halogens is 2. The fraction of sp³-hybridized carbons (Fsp3) is 0.192. The highest BCUT2D eigenvalue weighted by atomic mass is 19.1. The maximum atomic E-state index is 14.7. The van der Waals surface area contributed by atoms with Crippen LogP contribution in [-0.4, -0.2) is 26.3 Å². The van der Waals surface area contributed by atoms with Crippen molar-refractivity contribution in [3.8, 4) is 34.0 Å². The zero-order chi connectivity index (χ0) is 23.7. The van der Waals surface area contributed by atoms with Gasteiger partial charge in [-0.3, -0.25) is 0 Å². The third-order valence-corrected chi connectivity index (χ3v) is 5.61. The van der Waals surface area contributed by atoms with Gasteiger partial charge in [-0.25, -0.2) is 13.8 Å². The molecule has 0 fully saturated rings. The highest BCUT2D eigenvalue weighted by Gasteiger charge is 2.17. The molecular weight excluding hydrogens is 436 g/mol. The zero-order valence-electron chi connectivity index (χ0n) is 18.8. The summed E-state index contributed by atoms with van der Waals surface area (Å²) in [7, 11) is 1.80. The molecule has 2 aromatic heterocycles. The van der Waals surface area contributed by atoms with Crippen molar-refractivity contribution in [1.29, 1.82) is 0 Å². The molecule has 0 aliphatic heterocycles. The molecule has 0 bridgehead atoms. The van der Waals surface area contributed by atoms with Crippen LogP contribution in [0.3, 0.4) is 0 Å². The summed E-state index contributed by atoms with van der Waals surface area (Å²) in [6.07, 6.45) is 2.57. The molecule has 0 unspecified atom stereocenters. The molecule has 0 saturated heterocycles. The fourth-order valence-corrected chi connectivity index (χ4v) is 3.98. The Bertz CT molecular complexity index is 1470. The number of oxazole rings is 1. The maximum Gasteiger partial charge on any atom is 0.227 e. The Morgan fingerprint density at radius 3 is 2.65 bits per heavy atom. The SMILES string of the molecule is CCCNCc1cc(F)c2oc(-c3cccc(-c4ccc(F)cc4-c4nncn4C)c3)nc2c1. The lowest BCUT2D eigenvalue weighted by molar-refractivity contribution is 0.562. The Labute approximate surface area is 195 Å². The number of rotatable bonds is 7. The van der Waals surface area contributed by atoms with E-state index in [1.807, 2.05) is 30.3 Å². The lowest BCUT2D eigenvalue weighted by Gasteiger charge is -2.10. The molecule has 2 heterocycles. The number of aryl methyl sites for hydroxylation is 1. The molecule has 34 heavy (non-hydrogen) atoms. The van der Waals surface area contributed by atoms with Crippen molar-refractivity contribution in [2.75, 3.05) is 6.54 Å². The minimum Gasteiger partial charge on any atom is -0.433 e. The number of nitrogens with one attached hydrogen (secondary N) is 1. The van der Waals surface area contributed by atoms with Gasteiger partial charge in [0.05, 0.1) is 0 Å². The Balaban J connectivity index is 1.55. The van der Waals surface area contributed by atoms with E-state index in [0.29, 0.717) is 34.9 Å². The van der Waals surface area contributed by atoms with Crippen molar-refractivity contribution in [3.05, 3.63) is 78.1 Å². The molecule has 0 amide bonds. The van der Waals surface area contributed by atoms with Crippen molar-refractivity contribution < 1.29 is 13.2 Å². The van der Waals surface area contributed by atoms with Crippen LogP contribution < -0.4 is 5.32 Å². The van der Waals surface area contributed by atoms with Crippen molar-refractivity contribution in [1.82, 2.24) is 25.1 Å². The van der Waals surface area contributed by atoms with Crippen LogP contribution in [0.25, 0.3) is 45.1 Å². The summed E-state index contributed by atoms with van der Waals surface area (Å²) in [6.45, 7) is 3.50. The van der Waals surface area contributed by atoms with Gasteiger partial charge in [0.1, 0.15) is 17.7 Å². The Kier molecular flexibility index (Phi) is 5.90. The predicted octanol–water partition coefficient (Wildman–Crippen LogP) is 5.74. The molecule has 3 aromatic carbocycles. The molecule has 8 heteroatoms. The summed E-state index contributed by atoms with van der Waals surface area (Å²) >= 11 is 0. The van der Waals surface area contributed by atoms with E-state index in [1.54, 1.807) is 24.0 Å².